The number of carbonyl (C=O) groups is 1. The molecule has 2 N–H and O–H groups in total. The number of aromatic amines is 1. The molecule has 0 saturated carbocycles. The molecule has 6 heteroatoms. The Balaban J connectivity index is 1.79. The van der Waals surface area contributed by atoms with Crippen LogP contribution in [0.2, 0.25) is 5.02 Å². The highest BCUT2D eigenvalue weighted by atomic mass is 35.5. The average molecular weight is 287 g/mol. The van der Waals surface area contributed by atoms with Gasteiger partial charge in [-0.25, -0.2) is 9.97 Å². The van der Waals surface area contributed by atoms with E-state index in [0.29, 0.717) is 11.0 Å². The summed E-state index contributed by atoms with van der Waals surface area (Å²) in [5, 5.41) is 4.24. The molecule has 3 rings (SSSR count). The van der Waals surface area contributed by atoms with Gasteiger partial charge in [-0.1, -0.05) is 11.6 Å². The minimum absolute atomic E-state index is 0.169. The van der Waals surface area contributed by atoms with E-state index in [2.05, 4.69) is 20.3 Å². The summed E-state index contributed by atoms with van der Waals surface area (Å²) in [4.78, 5) is 23.0. The molecule has 0 radical (unpaired) electrons. The third-order valence-electron chi connectivity index (χ3n) is 2.90. The number of nitrogens with one attached hydrogen (secondary N) is 2. The first kappa shape index (κ1) is 12.6. The van der Waals surface area contributed by atoms with Crippen molar-refractivity contribution >= 4 is 34.4 Å². The predicted octanol–water partition coefficient (Wildman–Crippen LogP) is 2.79. The van der Waals surface area contributed by atoms with Crippen molar-refractivity contribution in [2.24, 2.45) is 0 Å². The van der Waals surface area contributed by atoms with Gasteiger partial charge in [0.1, 0.15) is 0 Å². The number of halogens is 1. The number of carbonyl (C=O) groups excluding carboxylic acids is 1. The Morgan fingerprint density at radius 3 is 2.90 bits per heavy atom. The van der Waals surface area contributed by atoms with E-state index in [0.717, 1.165) is 16.5 Å². The van der Waals surface area contributed by atoms with E-state index in [1.165, 1.54) is 0 Å². The molecule has 0 aliphatic rings. The molecule has 0 aliphatic carbocycles. The van der Waals surface area contributed by atoms with Crippen molar-refractivity contribution < 1.29 is 4.79 Å². The van der Waals surface area contributed by atoms with E-state index in [4.69, 9.17) is 11.6 Å². The number of aromatic nitrogens is 3. The maximum absolute atomic E-state index is 12.0. The van der Waals surface area contributed by atoms with Crippen molar-refractivity contribution in [1.82, 2.24) is 15.0 Å². The molecule has 1 amide bonds. The molecule has 5 nitrogen and oxygen atoms in total. The number of nitrogens with zero attached hydrogens (tertiary/aromatic N) is 2. The summed E-state index contributed by atoms with van der Waals surface area (Å²) < 4.78 is 0. The van der Waals surface area contributed by atoms with Gasteiger partial charge >= 0.3 is 0 Å². The van der Waals surface area contributed by atoms with E-state index in [9.17, 15) is 4.79 Å². The summed E-state index contributed by atoms with van der Waals surface area (Å²) in [6.07, 6.45) is 5.20. The number of benzene rings is 1. The molecule has 0 unspecified atom stereocenters. The van der Waals surface area contributed by atoms with E-state index in [1.807, 2.05) is 24.4 Å². The largest absolute Gasteiger partial charge is 0.361 e. The lowest BCUT2D eigenvalue weighted by Crippen LogP contribution is -2.15. The molecule has 2 aromatic heterocycles. The monoisotopic (exact) mass is 286 g/mol. The number of amides is 1. The van der Waals surface area contributed by atoms with Crippen LogP contribution in [0.5, 0.6) is 0 Å². The van der Waals surface area contributed by atoms with Gasteiger partial charge in [0.05, 0.1) is 6.42 Å². The first-order chi connectivity index (χ1) is 9.72. The summed E-state index contributed by atoms with van der Waals surface area (Å²) in [6.45, 7) is 0. The highest BCUT2D eigenvalue weighted by Crippen LogP contribution is 2.22. The molecular formula is C14H11ClN4O. The van der Waals surface area contributed by atoms with Crippen molar-refractivity contribution in [2.45, 2.75) is 6.42 Å². The molecule has 3 aromatic rings. The lowest BCUT2D eigenvalue weighted by Gasteiger charge is -2.02. The summed E-state index contributed by atoms with van der Waals surface area (Å²) in [5.41, 5.74) is 1.84. The van der Waals surface area contributed by atoms with Crippen molar-refractivity contribution in [3.8, 4) is 0 Å². The topological polar surface area (TPSA) is 70.7 Å². The zero-order valence-electron chi connectivity index (χ0n) is 10.4. The van der Waals surface area contributed by atoms with Crippen LogP contribution in [0.4, 0.5) is 5.95 Å². The third-order valence-corrected chi connectivity index (χ3v) is 3.13. The third kappa shape index (κ3) is 2.62. The summed E-state index contributed by atoms with van der Waals surface area (Å²) in [5.74, 6) is 0.132. The molecule has 2 heterocycles. The quantitative estimate of drug-likeness (QED) is 0.778. The van der Waals surface area contributed by atoms with E-state index < -0.39 is 0 Å². The van der Waals surface area contributed by atoms with Gasteiger partial charge < -0.3 is 4.98 Å². The van der Waals surface area contributed by atoms with Gasteiger partial charge in [-0.3, -0.25) is 10.1 Å². The van der Waals surface area contributed by atoms with Gasteiger partial charge in [0, 0.05) is 34.5 Å². The van der Waals surface area contributed by atoms with Crippen LogP contribution in [0, 0.1) is 0 Å². The number of rotatable bonds is 3. The van der Waals surface area contributed by atoms with Gasteiger partial charge in [0.25, 0.3) is 0 Å². The Morgan fingerprint density at radius 2 is 2.10 bits per heavy atom. The van der Waals surface area contributed by atoms with E-state index in [1.54, 1.807) is 18.5 Å². The zero-order chi connectivity index (χ0) is 13.9. The predicted molar refractivity (Wildman–Crippen MR) is 77.7 cm³/mol. The highest BCUT2D eigenvalue weighted by molar-refractivity contribution is 6.31. The van der Waals surface area contributed by atoms with Gasteiger partial charge in [0.15, 0.2) is 0 Å². The van der Waals surface area contributed by atoms with Crippen molar-refractivity contribution in [2.75, 3.05) is 5.32 Å². The average Bonchev–Trinajstić information content (AvgIpc) is 2.82. The fraction of sp³-hybridized carbons (Fsp3) is 0.0714. The molecule has 0 fully saturated rings. The standard InChI is InChI=1S/C14H11ClN4O/c15-10-2-3-12-11(7-10)9(8-18-12)6-13(20)19-14-16-4-1-5-17-14/h1-5,7-8,18H,6H2,(H,16,17,19,20). The van der Waals surface area contributed by atoms with Crippen LogP contribution >= 0.6 is 11.6 Å². The molecule has 1 aromatic carbocycles. The van der Waals surface area contributed by atoms with Crippen molar-refractivity contribution in [3.63, 3.8) is 0 Å². The normalized spacial score (nSPS) is 10.7. The van der Waals surface area contributed by atoms with Gasteiger partial charge in [-0.05, 0) is 29.8 Å². The number of hydrogen-bond acceptors (Lipinski definition) is 3. The SMILES string of the molecule is O=C(Cc1c[nH]c2ccc(Cl)cc12)Nc1ncccn1. The van der Waals surface area contributed by atoms with Gasteiger partial charge in [0.2, 0.25) is 11.9 Å². The second kappa shape index (κ2) is 5.30. The number of hydrogen-bond donors (Lipinski definition) is 2. The number of fused-ring (bicyclic) bond motifs is 1. The Hall–Kier alpha value is -2.40. The van der Waals surface area contributed by atoms with Crippen molar-refractivity contribution in [1.29, 1.82) is 0 Å². The summed E-state index contributed by atoms with van der Waals surface area (Å²) >= 11 is 5.98. The van der Waals surface area contributed by atoms with E-state index in [-0.39, 0.29) is 12.3 Å². The molecule has 0 saturated heterocycles. The molecule has 0 bridgehead atoms. The van der Waals surface area contributed by atoms with Crippen LogP contribution in [-0.2, 0) is 11.2 Å². The maximum atomic E-state index is 12.0. The minimum Gasteiger partial charge on any atom is -0.361 e. The minimum atomic E-state index is -0.169. The Morgan fingerprint density at radius 1 is 1.30 bits per heavy atom. The van der Waals surface area contributed by atoms with Crippen molar-refractivity contribution in [3.05, 3.63) is 53.4 Å². The van der Waals surface area contributed by atoms with E-state index >= 15 is 0 Å². The zero-order valence-corrected chi connectivity index (χ0v) is 11.2. The smallest absolute Gasteiger partial charge is 0.231 e. The first-order valence-corrected chi connectivity index (χ1v) is 6.42. The Bertz CT molecular complexity index is 754. The maximum Gasteiger partial charge on any atom is 0.231 e. The molecule has 20 heavy (non-hydrogen) atoms. The lowest BCUT2D eigenvalue weighted by molar-refractivity contribution is -0.115. The molecule has 100 valence electrons. The number of H-pyrrole nitrogens is 1. The second-order valence-corrected chi connectivity index (χ2v) is 4.74. The van der Waals surface area contributed by atoms with Crippen LogP contribution in [0.1, 0.15) is 5.56 Å². The Kier molecular flexibility index (Phi) is 3.35. The molecule has 0 atom stereocenters. The van der Waals surface area contributed by atoms with Crippen LogP contribution in [0.15, 0.2) is 42.9 Å². The summed E-state index contributed by atoms with van der Waals surface area (Å²) in [6, 6.07) is 7.23. The molecule has 0 spiro atoms. The van der Waals surface area contributed by atoms with Crippen LogP contribution in [0.25, 0.3) is 10.9 Å². The van der Waals surface area contributed by atoms with Gasteiger partial charge in [-0.15, -0.1) is 0 Å². The first-order valence-electron chi connectivity index (χ1n) is 6.05. The molecular weight excluding hydrogens is 276 g/mol. The molecule has 0 aliphatic heterocycles. The van der Waals surface area contributed by atoms with Crippen LogP contribution in [0.3, 0.4) is 0 Å². The van der Waals surface area contributed by atoms with Crippen LogP contribution < -0.4 is 5.32 Å². The fourth-order valence-electron chi connectivity index (χ4n) is 2.00. The van der Waals surface area contributed by atoms with Gasteiger partial charge in [-0.2, -0.15) is 0 Å². The fourth-order valence-corrected chi connectivity index (χ4v) is 2.17. The highest BCUT2D eigenvalue weighted by Gasteiger charge is 2.10. The van der Waals surface area contributed by atoms with Crippen LogP contribution in [-0.4, -0.2) is 20.9 Å². The Labute approximate surface area is 120 Å². The lowest BCUT2D eigenvalue weighted by atomic mass is 10.1. The number of anilines is 1. The summed E-state index contributed by atoms with van der Waals surface area (Å²) in [7, 11) is 0. The second-order valence-electron chi connectivity index (χ2n) is 4.30.